The molecule has 0 radical (unpaired) electrons. The van der Waals surface area contributed by atoms with Gasteiger partial charge in [0.2, 0.25) is 0 Å². The number of hydrogen-bond acceptors (Lipinski definition) is 2. The number of aliphatic hydroxyl groups excluding tert-OH is 1. The lowest BCUT2D eigenvalue weighted by Crippen LogP contribution is -2.26. The summed E-state index contributed by atoms with van der Waals surface area (Å²) in [6.07, 6.45) is 5.83. The zero-order chi connectivity index (χ0) is 13.4. The second-order valence-electron chi connectivity index (χ2n) is 5.04. The van der Waals surface area contributed by atoms with Crippen molar-refractivity contribution in [2.75, 3.05) is 20.6 Å². The minimum Gasteiger partial charge on any atom is -0.508 e. The first-order chi connectivity index (χ1) is 7.96. The molecule has 0 saturated heterocycles. The largest absolute Gasteiger partial charge is 0.508 e. The predicted octanol–water partition coefficient (Wildman–Crippen LogP) is 4.01. The van der Waals surface area contributed by atoms with Gasteiger partial charge in [-0.25, -0.2) is 0 Å². The number of allylic oxidation sites excluding steroid dienone is 3. The normalized spacial score (nSPS) is 17.4. The van der Waals surface area contributed by atoms with Crippen molar-refractivity contribution in [1.29, 1.82) is 0 Å². The highest BCUT2D eigenvalue weighted by Gasteiger charge is 2.19. The maximum Gasteiger partial charge on any atom is 0.111 e. The van der Waals surface area contributed by atoms with Crippen molar-refractivity contribution < 1.29 is 5.11 Å². The van der Waals surface area contributed by atoms with Crippen molar-refractivity contribution in [2.45, 2.75) is 40.5 Å². The molecule has 2 heteroatoms. The van der Waals surface area contributed by atoms with E-state index in [4.69, 9.17) is 0 Å². The highest BCUT2D eigenvalue weighted by molar-refractivity contribution is 5.19. The summed E-state index contributed by atoms with van der Waals surface area (Å²) in [6, 6.07) is 0. The highest BCUT2D eigenvalue weighted by Crippen LogP contribution is 2.27. The lowest BCUT2D eigenvalue weighted by molar-refractivity contribution is 0.277. The van der Waals surface area contributed by atoms with Crippen molar-refractivity contribution in [1.82, 2.24) is 4.90 Å². The molecule has 2 nitrogen and oxygen atoms in total. The van der Waals surface area contributed by atoms with E-state index in [-0.39, 0.29) is 0 Å². The first-order valence-electron chi connectivity index (χ1n) is 6.66. The van der Waals surface area contributed by atoms with Gasteiger partial charge in [-0.3, -0.25) is 0 Å². The fourth-order valence-corrected chi connectivity index (χ4v) is 2.48. The van der Waals surface area contributed by atoms with E-state index in [1.54, 1.807) is 6.08 Å². The van der Waals surface area contributed by atoms with Gasteiger partial charge in [0, 0.05) is 6.54 Å². The Bertz CT molecular complexity index is 266. The van der Waals surface area contributed by atoms with Crippen LogP contribution in [-0.4, -0.2) is 30.6 Å². The van der Waals surface area contributed by atoms with Crippen LogP contribution in [0.25, 0.3) is 0 Å². The highest BCUT2D eigenvalue weighted by atomic mass is 16.3. The van der Waals surface area contributed by atoms with Crippen molar-refractivity contribution in [3.05, 3.63) is 23.5 Å². The molecule has 100 valence electrons. The van der Waals surface area contributed by atoms with Crippen LogP contribution < -0.4 is 0 Å². The third-order valence-corrected chi connectivity index (χ3v) is 3.29. The Morgan fingerprint density at radius 2 is 1.88 bits per heavy atom. The van der Waals surface area contributed by atoms with Crippen molar-refractivity contribution >= 4 is 0 Å². The summed E-state index contributed by atoms with van der Waals surface area (Å²) in [5.74, 6) is 1.56. The smallest absolute Gasteiger partial charge is 0.111 e. The van der Waals surface area contributed by atoms with Gasteiger partial charge in [-0.15, -0.1) is 0 Å². The van der Waals surface area contributed by atoms with Crippen LogP contribution in [0.1, 0.15) is 40.5 Å². The third-order valence-electron chi connectivity index (χ3n) is 3.29. The Morgan fingerprint density at radius 1 is 1.29 bits per heavy atom. The maximum absolute atomic E-state index is 9.64. The van der Waals surface area contributed by atoms with Gasteiger partial charge in [-0.05, 0) is 57.8 Å². The van der Waals surface area contributed by atoms with E-state index in [0.717, 1.165) is 19.4 Å². The molecule has 0 heterocycles. The number of aliphatic hydroxyl groups is 1. The average molecular weight is 239 g/mol. The summed E-state index contributed by atoms with van der Waals surface area (Å²) < 4.78 is 0. The molecular weight excluding hydrogens is 210 g/mol. The van der Waals surface area contributed by atoms with Crippen LogP contribution in [0, 0.1) is 11.8 Å². The summed E-state index contributed by atoms with van der Waals surface area (Å²) in [6.45, 7) is 9.65. The molecule has 0 amide bonds. The van der Waals surface area contributed by atoms with E-state index in [9.17, 15) is 5.11 Å². The molecule has 2 atom stereocenters. The van der Waals surface area contributed by atoms with Crippen LogP contribution in [0.4, 0.5) is 0 Å². The fourth-order valence-electron chi connectivity index (χ4n) is 2.48. The Labute approximate surface area is 107 Å². The first kappa shape index (κ1) is 16.2. The van der Waals surface area contributed by atoms with Gasteiger partial charge in [-0.1, -0.05) is 26.3 Å². The molecule has 0 aliphatic rings. The first-order valence-corrected chi connectivity index (χ1v) is 6.66. The Kier molecular flexibility index (Phi) is 7.98. The fraction of sp³-hybridized carbons (Fsp3) is 0.733. The Hall–Kier alpha value is -0.760. The standard InChI is InChI=1S/C15H29NO/c1-7-13(10-14(17)8-2)15(9-3)12(4)11-16(5)6/h8,10,12,15,17H,7,9,11H2,1-6H3/b13-10+,14-8+/t12?,15-/m1/s1. The average Bonchev–Trinajstić information content (AvgIpc) is 2.27. The Balaban J connectivity index is 4.87. The Morgan fingerprint density at radius 3 is 2.24 bits per heavy atom. The van der Waals surface area contributed by atoms with Crippen LogP contribution in [0.3, 0.4) is 0 Å². The van der Waals surface area contributed by atoms with Gasteiger partial charge in [-0.2, -0.15) is 0 Å². The second-order valence-corrected chi connectivity index (χ2v) is 5.04. The zero-order valence-electron chi connectivity index (χ0n) is 12.3. The van der Waals surface area contributed by atoms with E-state index in [1.165, 1.54) is 5.57 Å². The van der Waals surface area contributed by atoms with Gasteiger partial charge in [0.1, 0.15) is 5.76 Å². The summed E-state index contributed by atoms with van der Waals surface area (Å²) in [5.41, 5.74) is 1.36. The minimum absolute atomic E-state index is 0.386. The van der Waals surface area contributed by atoms with Crippen molar-refractivity contribution in [3.63, 3.8) is 0 Å². The molecule has 1 N–H and O–H groups in total. The van der Waals surface area contributed by atoms with E-state index >= 15 is 0 Å². The number of hydrogen-bond donors (Lipinski definition) is 1. The molecule has 0 saturated carbocycles. The topological polar surface area (TPSA) is 23.5 Å². The van der Waals surface area contributed by atoms with Gasteiger partial charge in [0.05, 0.1) is 0 Å². The molecule has 0 aromatic heterocycles. The monoisotopic (exact) mass is 239 g/mol. The van der Waals surface area contributed by atoms with Gasteiger partial charge < -0.3 is 10.0 Å². The van der Waals surface area contributed by atoms with Gasteiger partial charge in [0.25, 0.3) is 0 Å². The second kappa shape index (κ2) is 8.35. The molecule has 0 aliphatic heterocycles. The molecule has 0 fully saturated rings. The van der Waals surface area contributed by atoms with Crippen molar-refractivity contribution in [2.24, 2.45) is 11.8 Å². The van der Waals surface area contributed by atoms with Gasteiger partial charge >= 0.3 is 0 Å². The van der Waals surface area contributed by atoms with Crippen LogP contribution >= 0.6 is 0 Å². The van der Waals surface area contributed by atoms with Crippen LogP contribution in [0.15, 0.2) is 23.5 Å². The summed E-state index contributed by atoms with van der Waals surface area (Å²) >= 11 is 0. The van der Waals surface area contributed by atoms with E-state index < -0.39 is 0 Å². The zero-order valence-corrected chi connectivity index (χ0v) is 12.3. The summed E-state index contributed by atoms with van der Waals surface area (Å²) in [4.78, 5) is 2.23. The van der Waals surface area contributed by atoms with Crippen LogP contribution in [0.5, 0.6) is 0 Å². The molecule has 0 aromatic carbocycles. The summed E-state index contributed by atoms with van der Waals surface area (Å²) in [7, 11) is 4.23. The molecule has 0 aromatic rings. The van der Waals surface area contributed by atoms with Crippen LogP contribution in [-0.2, 0) is 0 Å². The number of rotatable bonds is 7. The lowest BCUT2D eigenvalue weighted by atomic mass is 9.83. The summed E-state index contributed by atoms with van der Waals surface area (Å²) in [5, 5.41) is 9.64. The molecular formula is C15H29NO. The van der Waals surface area contributed by atoms with Crippen molar-refractivity contribution in [3.8, 4) is 0 Å². The van der Waals surface area contributed by atoms with E-state index in [0.29, 0.717) is 17.6 Å². The third kappa shape index (κ3) is 5.92. The molecule has 17 heavy (non-hydrogen) atoms. The van der Waals surface area contributed by atoms with Crippen LogP contribution in [0.2, 0.25) is 0 Å². The molecule has 0 aliphatic carbocycles. The predicted molar refractivity (Wildman–Crippen MR) is 76.3 cm³/mol. The molecule has 0 rings (SSSR count). The molecule has 0 spiro atoms. The number of nitrogens with zero attached hydrogens (tertiary/aromatic N) is 1. The van der Waals surface area contributed by atoms with Gasteiger partial charge in [0.15, 0.2) is 0 Å². The van der Waals surface area contributed by atoms with E-state index in [1.807, 2.05) is 13.0 Å². The SMILES string of the molecule is C/C=C(O)\C=C(/CC)[C@H](CC)C(C)CN(C)C. The molecule has 0 bridgehead atoms. The quantitative estimate of drug-likeness (QED) is 0.536. The van der Waals surface area contributed by atoms with E-state index in [2.05, 4.69) is 39.8 Å². The lowest BCUT2D eigenvalue weighted by Gasteiger charge is -2.27. The minimum atomic E-state index is 0.386. The molecule has 1 unspecified atom stereocenters. The maximum atomic E-state index is 9.64.